The number of likely N-dealkylation sites (tertiary alicyclic amines) is 2. The van der Waals surface area contributed by atoms with Gasteiger partial charge >= 0.3 is 12.2 Å². The summed E-state index contributed by atoms with van der Waals surface area (Å²) in [6.45, 7) is 7.02. The molecule has 1 saturated carbocycles. The summed E-state index contributed by atoms with van der Waals surface area (Å²) in [6.07, 6.45) is 7.60. The summed E-state index contributed by atoms with van der Waals surface area (Å²) in [4.78, 5) is 70.8. The van der Waals surface area contributed by atoms with Crippen molar-refractivity contribution in [1.29, 1.82) is 0 Å². The van der Waals surface area contributed by atoms with Gasteiger partial charge in [-0.1, -0.05) is 38.1 Å². The predicted octanol–water partition coefficient (Wildman–Crippen LogP) is 6.39. The molecule has 5 aliphatic rings. The van der Waals surface area contributed by atoms with Gasteiger partial charge in [0.1, 0.15) is 47.9 Å². The van der Waals surface area contributed by atoms with Crippen LogP contribution in [-0.4, -0.2) is 106 Å². The van der Waals surface area contributed by atoms with E-state index in [0.29, 0.717) is 37.3 Å². The molecule has 3 fully saturated rings. The van der Waals surface area contributed by atoms with E-state index in [4.69, 9.17) is 24.2 Å². The molecule has 0 bridgehead atoms. The zero-order valence-electron chi connectivity index (χ0n) is 35.1. The van der Waals surface area contributed by atoms with Gasteiger partial charge in [0.2, 0.25) is 11.8 Å². The molecule has 1 unspecified atom stereocenters. The molecule has 4 amide bonds. The molecule has 4 N–H and O–H groups in total. The van der Waals surface area contributed by atoms with E-state index in [2.05, 4.69) is 61.7 Å². The monoisotopic (exact) mass is 832 g/mol. The Morgan fingerprint density at radius 1 is 0.754 bits per heavy atom. The molecule has 1 aliphatic carbocycles. The van der Waals surface area contributed by atoms with Crippen molar-refractivity contribution in [2.45, 2.75) is 89.6 Å². The van der Waals surface area contributed by atoms with Crippen LogP contribution in [0.5, 0.6) is 11.5 Å². The van der Waals surface area contributed by atoms with Crippen molar-refractivity contribution in [3.05, 3.63) is 71.6 Å². The van der Waals surface area contributed by atoms with Gasteiger partial charge in [0.05, 0.1) is 50.1 Å². The number of methoxy groups -OCH3 is 2. The minimum atomic E-state index is -0.724. The molecule has 16 heteroatoms. The van der Waals surface area contributed by atoms with Gasteiger partial charge in [-0.15, -0.1) is 0 Å². The molecule has 9 rings (SSSR count). The van der Waals surface area contributed by atoms with Crippen LogP contribution in [0.2, 0.25) is 0 Å². The highest BCUT2D eigenvalue weighted by Crippen LogP contribution is 2.52. The molecule has 2 saturated heterocycles. The van der Waals surface area contributed by atoms with E-state index in [9.17, 15) is 19.2 Å². The van der Waals surface area contributed by atoms with Gasteiger partial charge in [-0.05, 0) is 63.5 Å². The smallest absolute Gasteiger partial charge is 0.407 e. The van der Waals surface area contributed by atoms with Gasteiger partial charge in [-0.2, -0.15) is 0 Å². The second-order valence-electron chi connectivity index (χ2n) is 16.9. The first-order valence-corrected chi connectivity index (χ1v) is 21.2. The van der Waals surface area contributed by atoms with E-state index < -0.39 is 24.3 Å². The number of ether oxygens (including phenoxy) is 4. The normalized spacial score (nSPS) is 21.4. The number of rotatable bonds is 10. The Morgan fingerprint density at radius 3 is 1.92 bits per heavy atom. The number of alkyl carbamates (subject to hydrolysis) is 2. The molecule has 4 aromatic rings. The SMILES string of the molecule is COC(=O)N[C@@H](C)C(=O)N1CCC[C@H]1c1ncc(-c2ccc3c(c2)OC(C2CC2)C2=C3COc3cc(-c4cnc([C@@H]5CCCN5C(=O)[C@@H](NC(=O)OC)C(C)C)[nH]4)ccc32)[nH]1. The molecule has 16 nitrogen and oxygen atoms in total. The molecule has 2 aromatic carbocycles. The number of hydrogen-bond donors (Lipinski definition) is 4. The molecule has 4 aliphatic heterocycles. The van der Waals surface area contributed by atoms with Crippen LogP contribution in [0.25, 0.3) is 33.7 Å². The lowest BCUT2D eigenvalue weighted by Gasteiger charge is -2.35. The fraction of sp³-hybridized carbons (Fsp3) is 0.467. The molecule has 5 atom stereocenters. The first kappa shape index (κ1) is 40.1. The van der Waals surface area contributed by atoms with Crippen LogP contribution >= 0.6 is 0 Å². The third-order valence-corrected chi connectivity index (χ3v) is 12.7. The Kier molecular flexibility index (Phi) is 10.7. The lowest BCUT2D eigenvalue weighted by atomic mass is 9.84. The Balaban J connectivity index is 0.943. The highest BCUT2D eigenvalue weighted by Gasteiger charge is 2.43. The maximum atomic E-state index is 13.7. The van der Waals surface area contributed by atoms with Crippen LogP contribution in [0.15, 0.2) is 48.8 Å². The van der Waals surface area contributed by atoms with Crippen molar-refractivity contribution in [3.8, 4) is 34.0 Å². The number of carbonyl (C=O) groups is 4. The highest BCUT2D eigenvalue weighted by molar-refractivity contribution is 6.00. The predicted molar refractivity (Wildman–Crippen MR) is 224 cm³/mol. The average molecular weight is 833 g/mol. The van der Waals surface area contributed by atoms with Crippen molar-refractivity contribution in [2.24, 2.45) is 11.8 Å². The molecule has 2 aromatic heterocycles. The number of carbonyl (C=O) groups excluding carboxylic acids is 4. The molecule has 0 spiro atoms. The molecular formula is C45H52N8O8. The first-order chi connectivity index (χ1) is 29.5. The minimum Gasteiger partial charge on any atom is -0.488 e. The molecule has 0 radical (unpaired) electrons. The minimum absolute atomic E-state index is 0.116. The van der Waals surface area contributed by atoms with Gasteiger partial charge < -0.3 is 49.3 Å². The Hall–Kier alpha value is -6.32. The number of benzene rings is 2. The number of imidazole rings is 2. The quantitative estimate of drug-likeness (QED) is 0.139. The number of aromatic amines is 2. The zero-order chi connectivity index (χ0) is 42.5. The van der Waals surface area contributed by atoms with Crippen molar-refractivity contribution in [2.75, 3.05) is 33.9 Å². The third kappa shape index (κ3) is 7.56. The van der Waals surface area contributed by atoms with Crippen molar-refractivity contribution < 1.29 is 38.1 Å². The van der Waals surface area contributed by atoms with E-state index in [1.165, 1.54) is 19.8 Å². The largest absolute Gasteiger partial charge is 0.488 e. The molecule has 61 heavy (non-hydrogen) atoms. The van der Waals surface area contributed by atoms with Crippen molar-refractivity contribution in [3.63, 3.8) is 0 Å². The van der Waals surface area contributed by atoms with Crippen LogP contribution < -0.4 is 20.1 Å². The molecule has 6 heterocycles. The van der Waals surface area contributed by atoms with E-state index in [0.717, 1.165) is 89.2 Å². The lowest BCUT2D eigenvalue weighted by molar-refractivity contribution is -0.135. The highest BCUT2D eigenvalue weighted by atomic mass is 16.5. The van der Waals surface area contributed by atoms with Crippen LogP contribution in [0, 0.1) is 11.8 Å². The maximum absolute atomic E-state index is 13.7. The number of amides is 4. The van der Waals surface area contributed by atoms with E-state index in [-0.39, 0.29) is 35.9 Å². The van der Waals surface area contributed by atoms with Crippen LogP contribution in [0.4, 0.5) is 9.59 Å². The lowest BCUT2D eigenvalue weighted by Crippen LogP contribution is -2.51. The Morgan fingerprint density at radius 2 is 1.33 bits per heavy atom. The standard InChI is InChI=1S/C45H52N8O8/c1-23(2)38(51-45(57)59-5)43(55)53-17-7-9-34(53)41-47-20-31(49-41)26-13-15-29-35(18-26)60-22-30-28-14-12-27(19-36(28)61-39(37(29)30)25-10-11-25)32-21-46-40(50-32)33-8-6-16-52(33)42(54)24(3)48-44(56)58-4/h12-15,18-21,23-25,33-34,38-39H,6-11,16-17,22H2,1-5H3,(H,46,50)(H,47,49)(H,48,56)(H,51,57)/t24-,33-,34-,38-,39?/m0/s1. The van der Waals surface area contributed by atoms with Crippen LogP contribution in [0.3, 0.4) is 0 Å². The Bertz CT molecular complexity index is 2400. The Labute approximate surface area is 353 Å². The first-order valence-electron chi connectivity index (χ1n) is 21.2. The van der Waals surface area contributed by atoms with Crippen molar-refractivity contribution >= 4 is 35.1 Å². The number of H-pyrrole nitrogens is 2. The fourth-order valence-electron chi connectivity index (χ4n) is 9.29. The van der Waals surface area contributed by atoms with Crippen molar-refractivity contribution in [1.82, 2.24) is 40.4 Å². The van der Waals surface area contributed by atoms with Gasteiger partial charge in [-0.25, -0.2) is 19.6 Å². The summed E-state index contributed by atoms with van der Waals surface area (Å²) in [5.74, 6) is 2.95. The number of aromatic nitrogens is 4. The summed E-state index contributed by atoms with van der Waals surface area (Å²) < 4.78 is 22.9. The fourth-order valence-corrected chi connectivity index (χ4v) is 9.29. The third-order valence-electron chi connectivity index (χ3n) is 12.7. The summed E-state index contributed by atoms with van der Waals surface area (Å²) in [7, 11) is 2.57. The number of nitrogens with zero attached hydrogens (tertiary/aromatic N) is 4. The van der Waals surface area contributed by atoms with Gasteiger partial charge in [0.25, 0.3) is 0 Å². The van der Waals surface area contributed by atoms with E-state index in [1.807, 2.05) is 18.7 Å². The number of hydrogen-bond acceptors (Lipinski definition) is 10. The molecule has 320 valence electrons. The average Bonchev–Trinajstić information content (AvgIpc) is 3.73. The summed E-state index contributed by atoms with van der Waals surface area (Å²) >= 11 is 0. The maximum Gasteiger partial charge on any atom is 0.407 e. The number of fused-ring (bicyclic) bond motifs is 4. The molecular weight excluding hydrogens is 781 g/mol. The summed E-state index contributed by atoms with van der Waals surface area (Å²) in [5, 5.41) is 5.29. The van der Waals surface area contributed by atoms with Crippen LogP contribution in [-0.2, 0) is 19.1 Å². The second kappa shape index (κ2) is 16.3. The second-order valence-corrected chi connectivity index (χ2v) is 16.9. The van der Waals surface area contributed by atoms with Crippen LogP contribution in [0.1, 0.15) is 94.2 Å². The topological polar surface area (TPSA) is 193 Å². The summed E-state index contributed by atoms with van der Waals surface area (Å²) in [6, 6.07) is 10.6. The van der Waals surface area contributed by atoms with Gasteiger partial charge in [0, 0.05) is 52.4 Å². The summed E-state index contributed by atoms with van der Waals surface area (Å²) in [5.41, 5.74) is 7.82. The van der Waals surface area contributed by atoms with E-state index in [1.54, 1.807) is 24.2 Å². The zero-order valence-corrected chi connectivity index (χ0v) is 35.1. The van der Waals surface area contributed by atoms with E-state index >= 15 is 0 Å². The number of nitrogens with one attached hydrogen (secondary N) is 4. The van der Waals surface area contributed by atoms with Gasteiger partial charge in [-0.3, -0.25) is 9.59 Å². The van der Waals surface area contributed by atoms with Gasteiger partial charge in [0.15, 0.2) is 0 Å².